The van der Waals surface area contributed by atoms with Crippen molar-refractivity contribution in [2.45, 2.75) is 28.5 Å². The molecule has 0 bridgehead atoms. The number of nitrogens with zero attached hydrogens (tertiary/aromatic N) is 4. The Morgan fingerprint density at radius 1 is 0.681 bits per heavy atom. The van der Waals surface area contributed by atoms with E-state index in [0.717, 1.165) is 18.2 Å². The molecule has 0 fully saturated rings. The number of ether oxygens (including phenoxy) is 2. The number of phenolic OH excluding ortho intramolecular Hbond substituents is 1. The van der Waals surface area contributed by atoms with E-state index in [0.29, 0.717) is 11.1 Å². The quantitative estimate of drug-likeness (QED) is 0.110. The number of nitrogens with one attached hydrogen (secondary N) is 1. The number of hydrogen-bond donors (Lipinski definition) is 3. The number of anilines is 1. The summed E-state index contributed by atoms with van der Waals surface area (Å²) in [6, 6.07) is 11.9. The normalized spacial score (nSPS) is 12.6. The summed E-state index contributed by atoms with van der Waals surface area (Å²) in [5.41, 5.74) is 0.456. The smallest absolute Gasteiger partial charge is 0.296 e. The summed E-state index contributed by atoms with van der Waals surface area (Å²) < 4.78 is 94.3. The second kappa shape index (κ2) is 13.6. The van der Waals surface area contributed by atoms with Crippen LogP contribution in [0.1, 0.15) is 13.8 Å². The van der Waals surface area contributed by atoms with Crippen molar-refractivity contribution in [3.63, 3.8) is 0 Å². The van der Waals surface area contributed by atoms with E-state index in [1.807, 2.05) is 0 Å². The first-order valence-electron chi connectivity index (χ1n) is 13.7. The molecule has 0 aromatic heterocycles. The van der Waals surface area contributed by atoms with Gasteiger partial charge in [0.2, 0.25) is 0 Å². The van der Waals surface area contributed by atoms with Crippen LogP contribution in [0.3, 0.4) is 0 Å². The molecule has 3 N–H and O–H groups in total. The summed E-state index contributed by atoms with van der Waals surface area (Å²) in [6.45, 7) is 2.89. The van der Waals surface area contributed by atoms with Crippen LogP contribution in [0.4, 0.5) is 28.4 Å². The van der Waals surface area contributed by atoms with Crippen molar-refractivity contribution in [3.05, 3.63) is 54.6 Å². The molecule has 0 saturated heterocycles. The average Bonchev–Trinajstić information content (AvgIpc) is 3.05. The largest absolute Gasteiger partial charge is 0.505 e. The summed E-state index contributed by atoms with van der Waals surface area (Å²) in [5, 5.41) is 31.2. The summed E-state index contributed by atoms with van der Waals surface area (Å²) >= 11 is 0. The van der Waals surface area contributed by atoms with E-state index < -0.39 is 34.7 Å². The zero-order valence-electron chi connectivity index (χ0n) is 25.8. The minimum atomic E-state index is -4.89. The standard InChI is InChI=1S/C29H31N5O10S3/c1-6-45(36,37)17-8-11-20(26(14-17)47(40,41)42)31-34-28-18-9-13-22(29(35)19(18)10-12-21(28)30-3)32-33-23-15-25(44-5)27(16-24(23)43-4)46(38,39)7-2/h8-16,30,35H,6-7H2,1-5H3,(H,40,41,42)/b33-32+,34-31+. The van der Waals surface area contributed by atoms with E-state index in [4.69, 9.17) is 9.47 Å². The third-order valence-corrected chi connectivity index (χ3v) is 11.4. The van der Waals surface area contributed by atoms with Crippen molar-refractivity contribution < 1.29 is 44.4 Å². The molecule has 0 amide bonds. The molecule has 0 unspecified atom stereocenters. The fourth-order valence-electron chi connectivity index (χ4n) is 4.44. The number of phenols is 1. The molecule has 4 aromatic rings. The lowest BCUT2D eigenvalue weighted by Crippen LogP contribution is -2.06. The van der Waals surface area contributed by atoms with E-state index in [1.165, 1.54) is 46.3 Å². The highest BCUT2D eigenvalue weighted by Crippen LogP contribution is 2.44. The SMILES string of the molecule is CCS(=O)(=O)c1ccc(/N=N/c2c(NC)ccc3c(O)c(/N=N/c4cc(OC)c(S(=O)(=O)CC)cc4OC)ccc23)c(S(=O)(=O)O)c1. The van der Waals surface area contributed by atoms with Crippen molar-refractivity contribution >= 4 is 69.0 Å². The number of fused-ring (bicyclic) bond motifs is 1. The van der Waals surface area contributed by atoms with Gasteiger partial charge in [-0.25, -0.2) is 16.8 Å². The Morgan fingerprint density at radius 2 is 1.28 bits per heavy atom. The summed E-state index contributed by atoms with van der Waals surface area (Å²) in [4.78, 5) is -1.13. The maximum Gasteiger partial charge on any atom is 0.296 e. The van der Waals surface area contributed by atoms with Gasteiger partial charge >= 0.3 is 0 Å². The Kier molecular flexibility index (Phi) is 10.2. The monoisotopic (exact) mass is 705 g/mol. The van der Waals surface area contributed by atoms with Gasteiger partial charge in [0.05, 0.1) is 36.3 Å². The predicted molar refractivity (Wildman–Crippen MR) is 175 cm³/mol. The number of hydrogen-bond acceptors (Lipinski definition) is 14. The van der Waals surface area contributed by atoms with Crippen LogP contribution in [0.15, 0.2) is 89.7 Å². The van der Waals surface area contributed by atoms with Crippen molar-refractivity contribution in [1.82, 2.24) is 0 Å². The van der Waals surface area contributed by atoms with E-state index in [1.54, 1.807) is 25.2 Å². The van der Waals surface area contributed by atoms with Gasteiger partial charge in [0, 0.05) is 30.0 Å². The number of rotatable bonds is 12. The fourth-order valence-corrected chi connectivity index (χ4v) is 7.11. The zero-order chi connectivity index (χ0) is 34.7. The van der Waals surface area contributed by atoms with Gasteiger partial charge in [0.1, 0.15) is 44.0 Å². The van der Waals surface area contributed by atoms with Crippen LogP contribution in [0.5, 0.6) is 17.2 Å². The Bertz CT molecular complexity index is 2250. The number of sulfone groups is 2. The molecule has 4 aromatic carbocycles. The van der Waals surface area contributed by atoms with Crippen molar-refractivity contribution in [1.29, 1.82) is 0 Å². The Morgan fingerprint density at radius 3 is 1.87 bits per heavy atom. The number of aromatic hydroxyl groups is 1. The van der Waals surface area contributed by atoms with Crippen LogP contribution < -0.4 is 14.8 Å². The van der Waals surface area contributed by atoms with Crippen molar-refractivity contribution in [2.75, 3.05) is 38.1 Å². The zero-order valence-corrected chi connectivity index (χ0v) is 28.2. The van der Waals surface area contributed by atoms with Gasteiger partial charge in [0.25, 0.3) is 10.1 Å². The molecule has 0 aliphatic carbocycles. The topological polar surface area (TPSA) is 223 Å². The van der Waals surface area contributed by atoms with Gasteiger partial charge in [-0.15, -0.1) is 20.5 Å². The first-order chi connectivity index (χ1) is 22.1. The molecular weight excluding hydrogens is 675 g/mol. The Labute approximate surface area is 271 Å². The molecule has 18 heteroatoms. The second-order valence-electron chi connectivity index (χ2n) is 9.73. The van der Waals surface area contributed by atoms with Crippen molar-refractivity contribution in [2.24, 2.45) is 20.5 Å². The summed E-state index contributed by atoms with van der Waals surface area (Å²) in [5.74, 6) is -0.602. The number of methoxy groups -OCH3 is 2. The molecule has 0 spiro atoms. The lowest BCUT2D eigenvalue weighted by Gasteiger charge is -2.12. The van der Waals surface area contributed by atoms with Gasteiger partial charge in [-0.05, 0) is 42.5 Å². The second-order valence-corrected chi connectivity index (χ2v) is 15.6. The average molecular weight is 706 g/mol. The molecule has 4 rings (SSSR count). The van der Waals surface area contributed by atoms with Gasteiger partial charge in [-0.3, -0.25) is 4.55 Å². The molecular formula is C29H31N5O10S3. The highest BCUT2D eigenvalue weighted by Gasteiger charge is 2.23. The highest BCUT2D eigenvalue weighted by atomic mass is 32.2. The lowest BCUT2D eigenvalue weighted by molar-refractivity contribution is 0.393. The lowest BCUT2D eigenvalue weighted by atomic mass is 10.1. The molecule has 0 heterocycles. The van der Waals surface area contributed by atoms with E-state index in [2.05, 4.69) is 25.8 Å². The first-order valence-corrected chi connectivity index (χ1v) is 18.5. The van der Waals surface area contributed by atoms with Crippen LogP contribution in [-0.2, 0) is 29.8 Å². The van der Waals surface area contributed by atoms with E-state index >= 15 is 0 Å². The van der Waals surface area contributed by atoms with Gasteiger partial charge < -0.3 is 19.9 Å². The maximum absolute atomic E-state index is 12.5. The molecule has 47 heavy (non-hydrogen) atoms. The first kappa shape index (κ1) is 35.2. The molecule has 15 nitrogen and oxygen atoms in total. The molecule has 0 aliphatic heterocycles. The molecule has 0 atom stereocenters. The van der Waals surface area contributed by atoms with Crippen LogP contribution in [0.25, 0.3) is 10.8 Å². The predicted octanol–water partition coefficient (Wildman–Crippen LogP) is 6.27. The number of benzene rings is 4. The van der Waals surface area contributed by atoms with E-state index in [9.17, 15) is 34.9 Å². The summed E-state index contributed by atoms with van der Waals surface area (Å²) in [6.07, 6.45) is 0. The van der Waals surface area contributed by atoms with Crippen LogP contribution in [-0.4, -0.2) is 67.7 Å². The molecule has 0 aliphatic rings. The third kappa shape index (κ3) is 7.19. The van der Waals surface area contributed by atoms with Crippen molar-refractivity contribution in [3.8, 4) is 17.2 Å². The van der Waals surface area contributed by atoms with Gasteiger partial charge in [-0.1, -0.05) is 13.8 Å². The maximum atomic E-state index is 12.5. The van der Waals surface area contributed by atoms with E-state index in [-0.39, 0.29) is 66.7 Å². The molecule has 0 saturated carbocycles. The molecule has 250 valence electrons. The van der Waals surface area contributed by atoms with Crippen LogP contribution in [0, 0.1) is 0 Å². The van der Waals surface area contributed by atoms with Crippen LogP contribution >= 0.6 is 0 Å². The van der Waals surface area contributed by atoms with Gasteiger partial charge in [-0.2, -0.15) is 8.42 Å². The third-order valence-electron chi connectivity index (χ3n) is 7.04. The minimum absolute atomic E-state index is 0.0326. The Balaban J connectivity index is 1.81. The summed E-state index contributed by atoms with van der Waals surface area (Å²) in [7, 11) is -8.07. The Hall–Kier alpha value is -4.65. The number of azo groups is 2. The fraction of sp³-hybridized carbons (Fsp3) is 0.241. The minimum Gasteiger partial charge on any atom is -0.505 e. The van der Waals surface area contributed by atoms with Gasteiger partial charge in [0.15, 0.2) is 25.4 Å². The molecule has 0 radical (unpaired) electrons. The van der Waals surface area contributed by atoms with Crippen LogP contribution in [0.2, 0.25) is 0 Å². The highest BCUT2D eigenvalue weighted by molar-refractivity contribution is 7.91.